The molecule has 1 aromatic rings. The molecule has 2 rings (SSSR count). The van der Waals surface area contributed by atoms with E-state index in [0.29, 0.717) is 22.9 Å². The molecule has 6 nitrogen and oxygen atoms in total. The van der Waals surface area contributed by atoms with E-state index < -0.39 is 5.91 Å². The fraction of sp³-hybridized carbons (Fsp3) is 0.545. The predicted molar refractivity (Wildman–Crippen MR) is 71.3 cm³/mol. The summed E-state index contributed by atoms with van der Waals surface area (Å²) in [4.78, 5) is 11.5. The van der Waals surface area contributed by atoms with E-state index in [0.717, 1.165) is 24.4 Å². The number of primary amides is 1. The molecule has 0 spiro atoms. The van der Waals surface area contributed by atoms with E-state index in [1.54, 1.807) is 0 Å². The Balaban J connectivity index is 2.10. The van der Waals surface area contributed by atoms with Crippen LogP contribution in [0, 0.1) is 0 Å². The van der Waals surface area contributed by atoms with Gasteiger partial charge in [0.2, 0.25) is 0 Å². The minimum absolute atomic E-state index is 0.204. The molecule has 0 aliphatic carbocycles. The highest BCUT2D eigenvalue weighted by atomic mass is 32.1. The molecular formula is C11H17N3O3S. The third-order valence-corrected chi connectivity index (χ3v) is 4.00. The Kier molecular flexibility index (Phi) is 3.93. The maximum Gasteiger partial charge on any atom is 0.261 e. The van der Waals surface area contributed by atoms with Gasteiger partial charge in [-0.1, -0.05) is 0 Å². The summed E-state index contributed by atoms with van der Waals surface area (Å²) in [5.41, 5.74) is 11.4. The lowest BCUT2D eigenvalue weighted by molar-refractivity contribution is 0.100. The van der Waals surface area contributed by atoms with Crippen molar-refractivity contribution in [3.63, 3.8) is 0 Å². The topological polar surface area (TPSA) is 99.6 Å². The zero-order valence-corrected chi connectivity index (χ0v) is 11.0. The highest BCUT2D eigenvalue weighted by Crippen LogP contribution is 2.42. The number of anilines is 2. The Morgan fingerprint density at radius 1 is 1.67 bits per heavy atom. The van der Waals surface area contributed by atoms with Gasteiger partial charge in [0.1, 0.15) is 15.6 Å². The number of amides is 1. The number of ether oxygens (including phenoxy) is 2. The maximum absolute atomic E-state index is 11.2. The number of nitrogens with two attached hydrogens (primary N) is 2. The van der Waals surface area contributed by atoms with Gasteiger partial charge in [0.25, 0.3) is 5.91 Å². The highest BCUT2D eigenvalue weighted by Gasteiger charge is 2.22. The summed E-state index contributed by atoms with van der Waals surface area (Å²) >= 11 is 1.21. The monoisotopic (exact) mass is 271 g/mol. The first-order chi connectivity index (χ1) is 8.63. The first-order valence-corrected chi connectivity index (χ1v) is 6.56. The fourth-order valence-corrected chi connectivity index (χ4v) is 2.89. The third-order valence-electron chi connectivity index (χ3n) is 2.84. The van der Waals surface area contributed by atoms with E-state index in [9.17, 15) is 4.79 Å². The van der Waals surface area contributed by atoms with Crippen molar-refractivity contribution in [2.75, 3.05) is 31.3 Å². The average Bonchev–Trinajstić information content (AvgIpc) is 2.93. The van der Waals surface area contributed by atoms with Gasteiger partial charge in [-0.25, -0.2) is 0 Å². The zero-order chi connectivity index (χ0) is 13.1. The molecule has 1 amide bonds. The maximum atomic E-state index is 11.2. The molecule has 1 fully saturated rings. The summed E-state index contributed by atoms with van der Waals surface area (Å²) in [6.07, 6.45) is 2.33. The second-order valence-corrected chi connectivity index (χ2v) is 5.11. The minimum atomic E-state index is -0.541. The van der Waals surface area contributed by atoms with Crippen molar-refractivity contribution in [3.8, 4) is 5.75 Å². The summed E-state index contributed by atoms with van der Waals surface area (Å²) in [7, 11) is 1.51. The number of hydrogen-bond acceptors (Lipinski definition) is 6. The van der Waals surface area contributed by atoms with E-state index >= 15 is 0 Å². The summed E-state index contributed by atoms with van der Waals surface area (Å²) in [5, 5.41) is 3.92. The number of nitrogen functional groups attached to an aromatic ring is 1. The molecule has 1 atom stereocenters. The number of thiophene rings is 1. The van der Waals surface area contributed by atoms with Crippen molar-refractivity contribution >= 4 is 27.9 Å². The number of carbonyl (C=O) groups excluding carboxylic acids is 1. The SMILES string of the molecule is COc1c(NCC2CCCO2)sc(C(N)=O)c1N. The van der Waals surface area contributed by atoms with Gasteiger partial charge >= 0.3 is 0 Å². The summed E-state index contributed by atoms with van der Waals surface area (Å²) < 4.78 is 10.7. The fourth-order valence-electron chi connectivity index (χ4n) is 1.94. The Labute approximate surface area is 109 Å². The van der Waals surface area contributed by atoms with Crippen LogP contribution in [0.25, 0.3) is 0 Å². The van der Waals surface area contributed by atoms with Crippen molar-refractivity contribution in [1.82, 2.24) is 0 Å². The molecule has 1 saturated heterocycles. The van der Waals surface area contributed by atoms with E-state index in [2.05, 4.69) is 5.32 Å². The third kappa shape index (κ3) is 2.51. The predicted octanol–water partition coefficient (Wildman–Crippen LogP) is 1.03. The van der Waals surface area contributed by atoms with Gasteiger partial charge in [0.05, 0.1) is 13.2 Å². The first kappa shape index (κ1) is 13.0. The first-order valence-electron chi connectivity index (χ1n) is 5.75. The number of nitrogens with one attached hydrogen (secondary N) is 1. The number of carbonyl (C=O) groups is 1. The number of methoxy groups -OCH3 is 1. The van der Waals surface area contributed by atoms with Crippen LogP contribution in [0.3, 0.4) is 0 Å². The number of rotatable bonds is 5. The van der Waals surface area contributed by atoms with Crippen molar-refractivity contribution < 1.29 is 14.3 Å². The van der Waals surface area contributed by atoms with Crippen molar-refractivity contribution in [3.05, 3.63) is 4.88 Å². The Morgan fingerprint density at radius 2 is 2.44 bits per heavy atom. The second-order valence-electron chi connectivity index (χ2n) is 4.09. The molecule has 18 heavy (non-hydrogen) atoms. The molecule has 0 radical (unpaired) electrons. The Morgan fingerprint density at radius 3 is 3.00 bits per heavy atom. The molecule has 5 N–H and O–H groups in total. The standard InChI is InChI=1S/C11H17N3O3S/c1-16-8-7(12)9(10(13)15)18-11(8)14-5-6-3-2-4-17-6/h6,14H,2-5,12H2,1H3,(H2,13,15). The molecule has 1 unspecified atom stereocenters. The summed E-state index contributed by atoms with van der Waals surface area (Å²) in [6, 6.07) is 0. The molecule has 7 heteroatoms. The van der Waals surface area contributed by atoms with Crippen LogP contribution < -0.4 is 21.5 Å². The molecule has 1 aliphatic rings. The van der Waals surface area contributed by atoms with E-state index in [-0.39, 0.29) is 6.10 Å². The molecular weight excluding hydrogens is 254 g/mol. The van der Waals surface area contributed by atoms with Crippen LogP contribution >= 0.6 is 11.3 Å². The van der Waals surface area contributed by atoms with Crippen molar-refractivity contribution in [2.24, 2.45) is 5.73 Å². The molecule has 1 aliphatic heterocycles. The van der Waals surface area contributed by atoms with Gasteiger partial charge in [-0.2, -0.15) is 0 Å². The van der Waals surface area contributed by atoms with Gasteiger partial charge in [0, 0.05) is 13.2 Å². The zero-order valence-electron chi connectivity index (χ0n) is 10.2. The van der Waals surface area contributed by atoms with Crippen LogP contribution in [0.15, 0.2) is 0 Å². The lowest BCUT2D eigenvalue weighted by atomic mass is 10.2. The van der Waals surface area contributed by atoms with Gasteiger partial charge < -0.3 is 26.3 Å². The smallest absolute Gasteiger partial charge is 0.261 e. The van der Waals surface area contributed by atoms with Gasteiger partial charge in [-0.15, -0.1) is 11.3 Å². The minimum Gasteiger partial charge on any atom is -0.492 e. The molecule has 0 bridgehead atoms. The van der Waals surface area contributed by atoms with E-state index in [1.807, 2.05) is 0 Å². The quantitative estimate of drug-likeness (QED) is 0.742. The van der Waals surface area contributed by atoms with E-state index in [1.165, 1.54) is 18.4 Å². The highest BCUT2D eigenvalue weighted by molar-refractivity contribution is 7.19. The summed E-state index contributed by atoms with van der Waals surface area (Å²) in [6.45, 7) is 1.48. The molecule has 100 valence electrons. The Hall–Kier alpha value is -1.47. The van der Waals surface area contributed by atoms with Crippen LogP contribution in [0.1, 0.15) is 22.5 Å². The van der Waals surface area contributed by atoms with Crippen LogP contribution in [0.2, 0.25) is 0 Å². The lowest BCUT2D eigenvalue weighted by Gasteiger charge is -2.11. The molecule has 0 saturated carbocycles. The van der Waals surface area contributed by atoms with E-state index in [4.69, 9.17) is 20.9 Å². The van der Waals surface area contributed by atoms with Crippen LogP contribution in [0.5, 0.6) is 5.75 Å². The lowest BCUT2D eigenvalue weighted by Crippen LogP contribution is -2.18. The average molecular weight is 271 g/mol. The van der Waals surface area contributed by atoms with Crippen LogP contribution in [-0.4, -0.2) is 32.3 Å². The van der Waals surface area contributed by atoms with Gasteiger partial charge in [0.15, 0.2) is 5.75 Å². The summed E-state index contributed by atoms with van der Waals surface area (Å²) in [5.74, 6) is -0.0623. The Bertz CT molecular complexity index is 441. The largest absolute Gasteiger partial charge is 0.492 e. The van der Waals surface area contributed by atoms with Crippen molar-refractivity contribution in [2.45, 2.75) is 18.9 Å². The normalized spacial score (nSPS) is 18.8. The molecule has 2 heterocycles. The van der Waals surface area contributed by atoms with Gasteiger partial charge in [-0.3, -0.25) is 4.79 Å². The second kappa shape index (κ2) is 5.45. The van der Waals surface area contributed by atoms with Crippen LogP contribution in [0.4, 0.5) is 10.7 Å². The van der Waals surface area contributed by atoms with Crippen LogP contribution in [-0.2, 0) is 4.74 Å². The molecule has 1 aromatic heterocycles. The number of hydrogen-bond donors (Lipinski definition) is 3. The van der Waals surface area contributed by atoms with Gasteiger partial charge in [-0.05, 0) is 12.8 Å². The van der Waals surface area contributed by atoms with Crippen molar-refractivity contribution in [1.29, 1.82) is 0 Å². The molecule has 0 aromatic carbocycles.